The van der Waals surface area contributed by atoms with Crippen LogP contribution in [0.2, 0.25) is 0 Å². The second-order valence-corrected chi connectivity index (χ2v) is 10.3. The maximum atomic E-state index is 13.9. The van der Waals surface area contributed by atoms with Crippen molar-refractivity contribution in [2.75, 3.05) is 45.0 Å². The number of nitrogens with zero attached hydrogens (tertiary/aromatic N) is 2. The van der Waals surface area contributed by atoms with Gasteiger partial charge in [0.25, 0.3) is 5.91 Å². The standard InChI is InChI=1S/C26H32N4O9/c1-6-39-25(37)28-13-9-14(29(2)3)11-7-10-8-12-18(30(4)5)21(33)17(24(27)36)23(35)26(12,38)22(34)15(10)20(32)16(11)19(13)31/h9-10,12,18,31-32,35,38H,6-8H2,1-5H3,(H2,27,36)(H,28,37). The summed E-state index contributed by atoms with van der Waals surface area (Å²) in [6.45, 7) is 1.68. The van der Waals surface area contributed by atoms with Gasteiger partial charge in [-0.05, 0) is 51.4 Å². The van der Waals surface area contributed by atoms with Gasteiger partial charge in [0.15, 0.2) is 17.1 Å². The molecule has 0 saturated heterocycles. The first-order valence-electron chi connectivity index (χ1n) is 12.3. The molecule has 0 bridgehead atoms. The van der Waals surface area contributed by atoms with Gasteiger partial charge in [0.2, 0.25) is 5.78 Å². The molecule has 4 rings (SSSR count). The van der Waals surface area contributed by atoms with Gasteiger partial charge in [0, 0.05) is 31.3 Å². The van der Waals surface area contributed by atoms with Crippen molar-refractivity contribution in [1.82, 2.24) is 4.90 Å². The average Bonchev–Trinajstić information content (AvgIpc) is 2.82. The van der Waals surface area contributed by atoms with Crippen molar-refractivity contribution in [2.24, 2.45) is 17.6 Å². The molecule has 7 N–H and O–H groups in total. The molecular weight excluding hydrogens is 512 g/mol. The van der Waals surface area contributed by atoms with Crippen molar-refractivity contribution >= 4 is 40.7 Å². The van der Waals surface area contributed by atoms with Gasteiger partial charge in [-0.25, -0.2) is 4.79 Å². The number of nitrogens with two attached hydrogens (primary N) is 1. The topological polar surface area (TPSA) is 203 Å². The summed E-state index contributed by atoms with van der Waals surface area (Å²) in [4.78, 5) is 54.4. The number of carbonyl (C=O) groups excluding carboxylic acids is 4. The molecular formula is C26H32N4O9. The van der Waals surface area contributed by atoms with E-state index in [1.165, 1.54) is 25.1 Å². The van der Waals surface area contributed by atoms with Crippen molar-refractivity contribution in [2.45, 2.75) is 31.4 Å². The lowest BCUT2D eigenvalue weighted by Gasteiger charge is -2.50. The van der Waals surface area contributed by atoms with Crippen molar-refractivity contribution in [3.63, 3.8) is 0 Å². The molecule has 39 heavy (non-hydrogen) atoms. The van der Waals surface area contributed by atoms with Crippen molar-refractivity contribution < 1.29 is 44.3 Å². The molecule has 210 valence electrons. The third kappa shape index (κ3) is 4.00. The predicted molar refractivity (Wildman–Crippen MR) is 139 cm³/mol. The number of aromatic hydroxyl groups is 1. The Morgan fingerprint density at radius 3 is 2.36 bits per heavy atom. The van der Waals surface area contributed by atoms with E-state index in [-0.39, 0.29) is 36.3 Å². The fourth-order valence-electron chi connectivity index (χ4n) is 6.06. The van der Waals surface area contributed by atoms with Gasteiger partial charge in [-0.2, -0.15) is 0 Å². The maximum absolute atomic E-state index is 13.9. The zero-order chi connectivity index (χ0) is 29.1. The molecule has 2 amide bonds. The van der Waals surface area contributed by atoms with E-state index < -0.39 is 69.9 Å². The van der Waals surface area contributed by atoms with Gasteiger partial charge >= 0.3 is 6.09 Å². The molecule has 0 aromatic heterocycles. The smallest absolute Gasteiger partial charge is 0.411 e. The second kappa shape index (κ2) is 9.58. The number of aliphatic hydroxyl groups excluding tert-OH is 2. The molecule has 1 saturated carbocycles. The Morgan fingerprint density at radius 1 is 1.18 bits per heavy atom. The molecule has 0 spiro atoms. The Bertz CT molecular complexity index is 1360. The highest BCUT2D eigenvalue weighted by molar-refractivity contribution is 6.24. The van der Waals surface area contributed by atoms with E-state index in [4.69, 9.17) is 10.5 Å². The molecule has 0 heterocycles. The Kier molecular flexibility index (Phi) is 6.86. The monoisotopic (exact) mass is 544 g/mol. The number of phenols is 1. The number of anilines is 2. The Balaban J connectivity index is 1.97. The first kappa shape index (κ1) is 27.9. The van der Waals surface area contributed by atoms with Crippen LogP contribution < -0.4 is 16.0 Å². The van der Waals surface area contributed by atoms with Crippen molar-refractivity contribution in [3.05, 3.63) is 34.1 Å². The largest absolute Gasteiger partial charge is 0.508 e. The minimum Gasteiger partial charge on any atom is -0.508 e. The highest BCUT2D eigenvalue weighted by Crippen LogP contribution is 2.54. The van der Waals surface area contributed by atoms with E-state index in [2.05, 4.69) is 5.32 Å². The zero-order valence-electron chi connectivity index (χ0n) is 22.2. The van der Waals surface area contributed by atoms with E-state index in [1.807, 2.05) is 0 Å². The summed E-state index contributed by atoms with van der Waals surface area (Å²) in [5.74, 6) is -7.46. The third-order valence-electron chi connectivity index (χ3n) is 7.69. The number of hydrogen-bond acceptors (Lipinski definition) is 11. The summed E-state index contributed by atoms with van der Waals surface area (Å²) < 4.78 is 4.89. The Hall–Kier alpha value is -4.10. The number of rotatable bonds is 5. The number of aliphatic hydroxyl groups is 3. The molecule has 13 heteroatoms. The third-order valence-corrected chi connectivity index (χ3v) is 7.69. The number of carbonyl (C=O) groups is 4. The molecule has 4 unspecified atom stereocenters. The lowest BCUT2D eigenvalue weighted by Crippen LogP contribution is -2.65. The molecule has 3 aliphatic carbocycles. The highest BCUT2D eigenvalue weighted by atomic mass is 16.5. The summed E-state index contributed by atoms with van der Waals surface area (Å²) in [6.07, 6.45) is -0.753. The minimum atomic E-state index is -2.73. The summed E-state index contributed by atoms with van der Waals surface area (Å²) in [6, 6.07) is 0.338. The normalized spacial score (nSPS) is 26.2. The number of fused-ring (bicyclic) bond motifs is 3. The van der Waals surface area contributed by atoms with Crippen LogP contribution in [-0.4, -0.2) is 95.3 Å². The first-order valence-corrected chi connectivity index (χ1v) is 12.3. The van der Waals surface area contributed by atoms with E-state index in [0.717, 1.165) is 0 Å². The molecule has 3 aliphatic rings. The van der Waals surface area contributed by atoms with Crippen LogP contribution >= 0.6 is 0 Å². The number of amides is 2. The number of ketones is 2. The molecule has 4 atom stereocenters. The van der Waals surface area contributed by atoms with E-state index in [0.29, 0.717) is 11.3 Å². The number of primary amides is 1. The highest BCUT2D eigenvalue weighted by Gasteiger charge is 2.64. The quantitative estimate of drug-likeness (QED) is 0.224. The van der Waals surface area contributed by atoms with E-state index in [9.17, 15) is 39.6 Å². The molecule has 0 radical (unpaired) electrons. The maximum Gasteiger partial charge on any atom is 0.411 e. The lowest BCUT2D eigenvalue weighted by molar-refractivity contribution is -0.153. The fourth-order valence-corrected chi connectivity index (χ4v) is 6.06. The number of hydrogen-bond donors (Lipinski definition) is 6. The van der Waals surface area contributed by atoms with Crippen LogP contribution in [-0.2, 0) is 25.5 Å². The van der Waals surface area contributed by atoms with Gasteiger partial charge in [-0.1, -0.05) is 0 Å². The Labute approximate surface area is 224 Å². The zero-order valence-corrected chi connectivity index (χ0v) is 22.2. The number of nitrogens with one attached hydrogen (secondary N) is 1. The summed E-state index contributed by atoms with van der Waals surface area (Å²) in [7, 11) is 6.51. The number of likely N-dealkylation sites (N-methyl/N-ethyl adjacent to an activating group) is 1. The SMILES string of the molecule is CCOC(=O)Nc1cc(N(C)C)c2c(c1O)C(O)=C1C(=O)C3(O)C(O)=C(C(N)=O)C(=O)C(N(C)C)C3CC1C2. The van der Waals surface area contributed by atoms with Crippen molar-refractivity contribution in [3.8, 4) is 5.75 Å². The number of ether oxygens (including phenoxy) is 1. The average molecular weight is 545 g/mol. The van der Waals surface area contributed by atoms with Gasteiger partial charge in [-0.3, -0.25) is 24.6 Å². The summed E-state index contributed by atoms with van der Waals surface area (Å²) >= 11 is 0. The van der Waals surface area contributed by atoms with E-state index in [1.54, 1.807) is 25.9 Å². The van der Waals surface area contributed by atoms with Crippen LogP contribution in [0.1, 0.15) is 24.5 Å². The first-order chi connectivity index (χ1) is 18.2. The van der Waals surface area contributed by atoms with Gasteiger partial charge < -0.3 is 35.8 Å². The van der Waals surface area contributed by atoms with Crippen LogP contribution in [0, 0.1) is 11.8 Å². The molecule has 0 aliphatic heterocycles. The number of Topliss-reactive ketones (excluding diaryl/α,β-unsaturated/α-hetero) is 2. The fraction of sp³-hybridized carbons (Fsp3) is 0.462. The Morgan fingerprint density at radius 2 is 1.82 bits per heavy atom. The minimum absolute atomic E-state index is 0.0256. The molecule has 1 fully saturated rings. The van der Waals surface area contributed by atoms with Crippen LogP contribution in [0.3, 0.4) is 0 Å². The number of benzene rings is 1. The van der Waals surface area contributed by atoms with Gasteiger partial charge in [0.1, 0.15) is 17.1 Å². The van der Waals surface area contributed by atoms with Crippen LogP contribution in [0.4, 0.5) is 16.2 Å². The van der Waals surface area contributed by atoms with Gasteiger partial charge in [0.05, 0.1) is 23.9 Å². The van der Waals surface area contributed by atoms with E-state index >= 15 is 0 Å². The molecule has 13 nitrogen and oxygen atoms in total. The molecule has 1 aromatic rings. The van der Waals surface area contributed by atoms with Crippen LogP contribution in [0.5, 0.6) is 5.75 Å². The van der Waals surface area contributed by atoms with Crippen LogP contribution in [0.25, 0.3) is 5.76 Å². The summed E-state index contributed by atoms with van der Waals surface area (Å²) in [5.41, 5.74) is 2.22. The van der Waals surface area contributed by atoms with Crippen molar-refractivity contribution in [1.29, 1.82) is 0 Å². The number of phenolic OH excluding ortho intramolecular Hbond substituents is 1. The van der Waals surface area contributed by atoms with Crippen LogP contribution in [0.15, 0.2) is 23.0 Å². The molecule has 1 aromatic carbocycles. The lowest BCUT2D eigenvalue weighted by atomic mass is 9.57. The van der Waals surface area contributed by atoms with Gasteiger partial charge in [-0.15, -0.1) is 0 Å². The predicted octanol–water partition coefficient (Wildman–Crippen LogP) is 0.598. The summed E-state index contributed by atoms with van der Waals surface area (Å²) in [5, 5.41) is 47.5. The second-order valence-electron chi connectivity index (χ2n) is 10.3.